The molecule has 1 heterocycles. The summed E-state index contributed by atoms with van der Waals surface area (Å²) in [5.41, 5.74) is 6.14. The Hall–Kier alpha value is -2.10. The lowest BCUT2D eigenvalue weighted by Gasteiger charge is -2.11. The lowest BCUT2D eigenvalue weighted by molar-refractivity contribution is -0.136. The van der Waals surface area contributed by atoms with Crippen LogP contribution in [-0.4, -0.2) is 20.9 Å². The number of rotatable bonds is 3. The third-order valence-corrected chi connectivity index (χ3v) is 3.17. The maximum atomic E-state index is 10.9. The molecule has 0 spiro atoms. The maximum absolute atomic E-state index is 10.9. The van der Waals surface area contributed by atoms with E-state index in [2.05, 4.69) is 24.2 Å². The number of carbonyl (C=O) groups is 1. The van der Waals surface area contributed by atoms with E-state index in [1.165, 1.54) is 5.56 Å². The fourth-order valence-electron chi connectivity index (χ4n) is 2.62. The number of benzene rings is 1. The van der Waals surface area contributed by atoms with E-state index in [4.69, 9.17) is 5.11 Å². The van der Waals surface area contributed by atoms with Crippen LogP contribution in [0, 0.1) is 20.8 Å². The maximum Gasteiger partial charge on any atom is 0.309 e. The predicted molar refractivity (Wildman–Crippen MR) is 74.2 cm³/mol. The molecule has 100 valence electrons. The average Bonchev–Trinajstić information content (AvgIpc) is 2.56. The topological polar surface area (TPSA) is 55.1 Å². The molecule has 0 atom stereocenters. The first kappa shape index (κ1) is 13.3. The number of hydrogen-bond donors (Lipinski definition) is 1. The minimum atomic E-state index is -0.859. The number of carboxylic acid groups (broad SMARTS) is 1. The van der Waals surface area contributed by atoms with Crippen LogP contribution < -0.4 is 0 Å². The Labute approximate surface area is 112 Å². The Morgan fingerprint density at radius 2 is 1.84 bits per heavy atom. The van der Waals surface area contributed by atoms with Crippen LogP contribution in [-0.2, 0) is 18.3 Å². The predicted octanol–water partition coefficient (Wildman–Crippen LogP) is 2.64. The Bertz CT molecular complexity index is 619. The Balaban J connectivity index is 2.62. The van der Waals surface area contributed by atoms with Crippen LogP contribution in [0.5, 0.6) is 0 Å². The molecule has 1 aromatic carbocycles. The molecule has 0 unspecified atom stereocenters. The summed E-state index contributed by atoms with van der Waals surface area (Å²) < 4.78 is 1.67. The molecule has 0 amide bonds. The van der Waals surface area contributed by atoms with Crippen molar-refractivity contribution in [3.05, 3.63) is 40.7 Å². The van der Waals surface area contributed by atoms with Gasteiger partial charge in [0, 0.05) is 18.8 Å². The summed E-state index contributed by atoms with van der Waals surface area (Å²) in [7, 11) is 1.81. The van der Waals surface area contributed by atoms with Crippen LogP contribution in [0.3, 0.4) is 0 Å². The van der Waals surface area contributed by atoms with Gasteiger partial charge in [0.1, 0.15) is 0 Å². The Morgan fingerprint density at radius 3 is 2.37 bits per heavy atom. The molecular weight excluding hydrogens is 240 g/mol. The van der Waals surface area contributed by atoms with Gasteiger partial charge < -0.3 is 5.11 Å². The van der Waals surface area contributed by atoms with Crippen LogP contribution in [0.2, 0.25) is 0 Å². The molecule has 0 aliphatic rings. The summed E-state index contributed by atoms with van der Waals surface area (Å²) >= 11 is 0. The minimum Gasteiger partial charge on any atom is -0.481 e. The third kappa shape index (κ3) is 2.67. The highest BCUT2D eigenvalue weighted by Gasteiger charge is 2.16. The van der Waals surface area contributed by atoms with Crippen molar-refractivity contribution in [2.24, 2.45) is 7.05 Å². The molecule has 0 saturated carbocycles. The van der Waals surface area contributed by atoms with Crippen LogP contribution in [0.1, 0.15) is 22.4 Å². The zero-order valence-corrected chi connectivity index (χ0v) is 11.7. The number of carboxylic acids is 1. The molecule has 1 aromatic heterocycles. The zero-order chi connectivity index (χ0) is 14.2. The van der Waals surface area contributed by atoms with Crippen molar-refractivity contribution in [2.75, 3.05) is 0 Å². The standard InChI is InChI=1S/C15H18N2O2/c1-9-5-10(2)15(11(3)6-9)12-8-17(4)16-13(12)7-14(18)19/h5-6,8H,7H2,1-4H3,(H,18,19). The fourth-order valence-corrected chi connectivity index (χ4v) is 2.62. The fraction of sp³-hybridized carbons (Fsp3) is 0.333. The van der Waals surface area contributed by atoms with E-state index in [1.54, 1.807) is 4.68 Å². The molecule has 0 bridgehead atoms. The lowest BCUT2D eigenvalue weighted by atomic mass is 9.93. The molecule has 2 rings (SSSR count). The van der Waals surface area contributed by atoms with Crippen molar-refractivity contribution in [2.45, 2.75) is 27.2 Å². The first-order chi connectivity index (χ1) is 8.88. The van der Waals surface area contributed by atoms with E-state index in [9.17, 15) is 4.79 Å². The molecule has 0 aliphatic carbocycles. The van der Waals surface area contributed by atoms with Gasteiger partial charge >= 0.3 is 5.97 Å². The summed E-state index contributed by atoms with van der Waals surface area (Å²) in [6, 6.07) is 4.22. The van der Waals surface area contributed by atoms with Gasteiger partial charge in [-0.25, -0.2) is 0 Å². The van der Waals surface area contributed by atoms with Gasteiger partial charge in [-0.2, -0.15) is 5.10 Å². The second-order valence-corrected chi connectivity index (χ2v) is 5.01. The molecule has 0 saturated heterocycles. The van der Waals surface area contributed by atoms with Crippen molar-refractivity contribution >= 4 is 5.97 Å². The van der Waals surface area contributed by atoms with E-state index in [-0.39, 0.29) is 6.42 Å². The Morgan fingerprint density at radius 1 is 1.26 bits per heavy atom. The van der Waals surface area contributed by atoms with Gasteiger partial charge in [-0.15, -0.1) is 0 Å². The average molecular weight is 258 g/mol. The number of aromatic nitrogens is 2. The Kier molecular flexibility index (Phi) is 3.42. The molecule has 1 N–H and O–H groups in total. The molecule has 4 heteroatoms. The van der Waals surface area contributed by atoms with E-state index in [0.29, 0.717) is 5.69 Å². The number of aryl methyl sites for hydroxylation is 4. The van der Waals surface area contributed by atoms with Gasteiger partial charge in [0.05, 0.1) is 12.1 Å². The highest BCUT2D eigenvalue weighted by atomic mass is 16.4. The summed E-state index contributed by atoms with van der Waals surface area (Å²) in [4.78, 5) is 10.9. The summed E-state index contributed by atoms with van der Waals surface area (Å²) in [6.07, 6.45) is 1.84. The van der Waals surface area contributed by atoms with Crippen molar-refractivity contribution in [3.63, 3.8) is 0 Å². The van der Waals surface area contributed by atoms with E-state index < -0.39 is 5.97 Å². The monoisotopic (exact) mass is 258 g/mol. The number of hydrogen-bond acceptors (Lipinski definition) is 2. The third-order valence-electron chi connectivity index (χ3n) is 3.17. The first-order valence-electron chi connectivity index (χ1n) is 6.21. The smallest absolute Gasteiger partial charge is 0.309 e. The summed E-state index contributed by atoms with van der Waals surface area (Å²) in [6.45, 7) is 6.16. The minimum absolute atomic E-state index is 0.0526. The highest BCUT2D eigenvalue weighted by Crippen LogP contribution is 2.30. The van der Waals surface area contributed by atoms with Crippen LogP contribution >= 0.6 is 0 Å². The van der Waals surface area contributed by atoms with Gasteiger partial charge in [-0.1, -0.05) is 17.7 Å². The number of nitrogens with zero attached hydrogens (tertiary/aromatic N) is 2. The van der Waals surface area contributed by atoms with Crippen molar-refractivity contribution in [1.82, 2.24) is 9.78 Å². The van der Waals surface area contributed by atoms with Crippen molar-refractivity contribution in [1.29, 1.82) is 0 Å². The second-order valence-electron chi connectivity index (χ2n) is 5.01. The zero-order valence-electron chi connectivity index (χ0n) is 11.7. The van der Waals surface area contributed by atoms with Gasteiger partial charge in [0.15, 0.2) is 0 Å². The van der Waals surface area contributed by atoms with Crippen LogP contribution in [0.4, 0.5) is 0 Å². The first-order valence-corrected chi connectivity index (χ1v) is 6.21. The van der Waals surface area contributed by atoms with E-state index in [0.717, 1.165) is 22.3 Å². The molecule has 2 aromatic rings. The van der Waals surface area contributed by atoms with Crippen LogP contribution in [0.25, 0.3) is 11.1 Å². The van der Waals surface area contributed by atoms with Crippen molar-refractivity contribution in [3.8, 4) is 11.1 Å². The largest absolute Gasteiger partial charge is 0.481 e. The van der Waals surface area contributed by atoms with Gasteiger partial charge in [0.2, 0.25) is 0 Å². The highest BCUT2D eigenvalue weighted by molar-refractivity contribution is 5.78. The van der Waals surface area contributed by atoms with Gasteiger partial charge in [-0.3, -0.25) is 9.48 Å². The molecule has 0 radical (unpaired) electrons. The molecule has 0 fully saturated rings. The molecular formula is C15H18N2O2. The van der Waals surface area contributed by atoms with Crippen LogP contribution in [0.15, 0.2) is 18.3 Å². The normalized spacial score (nSPS) is 10.7. The van der Waals surface area contributed by atoms with Crippen molar-refractivity contribution < 1.29 is 9.90 Å². The summed E-state index contributed by atoms with van der Waals surface area (Å²) in [5.74, 6) is -0.859. The van der Waals surface area contributed by atoms with E-state index >= 15 is 0 Å². The quantitative estimate of drug-likeness (QED) is 0.920. The molecule has 19 heavy (non-hydrogen) atoms. The van der Waals surface area contributed by atoms with E-state index in [1.807, 2.05) is 27.1 Å². The second kappa shape index (κ2) is 4.88. The summed E-state index contributed by atoms with van der Waals surface area (Å²) in [5, 5.41) is 13.2. The van der Waals surface area contributed by atoms with Gasteiger partial charge in [-0.05, 0) is 37.5 Å². The molecule has 0 aliphatic heterocycles. The SMILES string of the molecule is Cc1cc(C)c(-c2cn(C)nc2CC(=O)O)c(C)c1. The molecule has 4 nitrogen and oxygen atoms in total. The lowest BCUT2D eigenvalue weighted by Crippen LogP contribution is -2.03. The number of aliphatic carboxylic acids is 1. The van der Waals surface area contributed by atoms with Gasteiger partial charge in [0.25, 0.3) is 0 Å².